The van der Waals surface area contributed by atoms with Crippen molar-refractivity contribution in [2.45, 2.75) is 42.9 Å². The van der Waals surface area contributed by atoms with Crippen molar-refractivity contribution in [1.29, 1.82) is 0 Å². The molecule has 2 heterocycles. The first-order chi connectivity index (χ1) is 13.3. The van der Waals surface area contributed by atoms with Crippen molar-refractivity contribution < 1.29 is 0 Å². The zero-order valence-corrected chi connectivity index (χ0v) is 17.1. The van der Waals surface area contributed by atoms with E-state index >= 15 is 0 Å². The van der Waals surface area contributed by atoms with Crippen LogP contribution in [0.25, 0.3) is 22.1 Å². The number of rotatable bonds is 9. The lowest BCUT2D eigenvalue weighted by molar-refractivity contribution is 0.710. The number of aromatic amines is 2. The molecule has 27 heavy (non-hydrogen) atoms. The summed E-state index contributed by atoms with van der Waals surface area (Å²) < 4.78 is 0. The summed E-state index contributed by atoms with van der Waals surface area (Å²) in [5.41, 5.74) is 5.64. The molecule has 4 aromatic rings. The van der Waals surface area contributed by atoms with Crippen LogP contribution in [0.4, 0.5) is 0 Å². The minimum Gasteiger partial charge on any atom is -0.333 e. The maximum Gasteiger partial charge on any atom is 0.166 e. The Labute approximate surface area is 168 Å². The molecule has 0 aliphatic heterocycles. The first-order valence-electron chi connectivity index (χ1n) is 9.45. The highest BCUT2D eigenvalue weighted by Crippen LogP contribution is 2.23. The van der Waals surface area contributed by atoms with Crippen LogP contribution < -0.4 is 0 Å². The smallest absolute Gasteiger partial charge is 0.166 e. The van der Waals surface area contributed by atoms with Gasteiger partial charge in [0.1, 0.15) is 0 Å². The monoisotopic (exact) mass is 396 g/mol. The predicted molar refractivity (Wildman–Crippen MR) is 117 cm³/mol. The van der Waals surface area contributed by atoms with Crippen molar-refractivity contribution in [3.8, 4) is 0 Å². The van der Waals surface area contributed by atoms with Gasteiger partial charge in [-0.15, -0.1) is 0 Å². The number of aryl methyl sites for hydroxylation is 1. The van der Waals surface area contributed by atoms with Crippen molar-refractivity contribution in [1.82, 2.24) is 19.9 Å². The number of unbranched alkanes of at least 4 members (excludes halogenated alkanes) is 3. The van der Waals surface area contributed by atoms with Crippen LogP contribution in [0.15, 0.2) is 52.8 Å². The van der Waals surface area contributed by atoms with Gasteiger partial charge in [-0.3, -0.25) is 0 Å². The Balaban J connectivity index is 1.11. The molecule has 6 heteroatoms. The van der Waals surface area contributed by atoms with Crippen molar-refractivity contribution >= 4 is 45.6 Å². The molecule has 0 saturated heterocycles. The fourth-order valence-corrected chi connectivity index (χ4v) is 4.84. The Hall–Kier alpha value is -1.92. The number of nitrogens with one attached hydrogen (secondary N) is 2. The van der Waals surface area contributed by atoms with Crippen LogP contribution >= 0.6 is 23.5 Å². The number of thioether (sulfide) groups is 2. The molecule has 0 bridgehead atoms. The van der Waals surface area contributed by atoms with E-state index in [1.165, 1.54) is 31.2 Å². The molecule has 0 saturated carbocycles. The van der Waals surface area contributed by atoms with Crippen LogP contribution in [-0.4, -0.2) is 31.4 Å². The summed E-state index contributed by atoms with van der Waals surface area (Å²) in [6.07, 6.45) is 5.01. The van der Waals surface area contributed by atoms with Gasteiger partial charge in [-0.1, -0.05) is 54.6 Å². The van der Waals surface area contributed by atoms with Crippen LogP contribution in [0.1, 0.15) is 31.2 Å². The molecule has 0 unspecified atom stereocenters. The molecule has 0 radical (unpaired) electrons. The topological polar surface area (TPSA) is 57.4 Å². The van der Waals surface area contributed by atoms with Gasteiger partial charge < -0.3 is 9.97 Å². The summed E-state index contributed by atoms with van der Waals surface area (Å²) >= 11 is 3.65. The average Bonchev–Trinajstić information content (AvgIpc) is 3.26. The molecule has 2 N–H and O–H groups in total. The van der Waals surface area contributed by atoms with Gasteiger partial charge in [-0.2, -0.15) is 0 Å². The second kappa shape index (κ2) is 8.85. The third-order valence-corrected chi connectivity index (χ3v) is 6.42. The van der Waals surface area contributed by atoms with Gasteiger partial charge in [0.2, 0.25) is 0 Å². The molecule has 4 nitrogen and oxygen atoms in total. The summed E-state index contributed by atoms with van der Waals surface area (Å²) in [6.45, 7) is 2.11. The van der Waals surface area contributed by atoms with E-state index in [0.717, 1.165) is 43.9 Å². The molecule has 0 spiro atoms. The number of hydrogen-bond acceptors (Lipinski definition) is 4. The second-order valence-corrected chi connectivity index (χ2v) is 8.90. The van der Waals surface area contributed by atoms with Crippen LogP contribution in [0.5, 0.6) is 0 Å². The molecule has 0 atom stereocenters. The third kappa shape index (κ3) is 4.87. The van der Waals surface area contributed by atoms with Gasteiger partial charge in [0.05, 0.1) is 22.1 Å². The quantitative estimate of drug-likeness (QED) is 0.261. The highest BCUT2D eigenvalue weighted by atomic mass is 32.2. The molecule has 2 aromatic carbocycles. The number of benzene rings is 2. The van der Waals surface area contributed by atoms with E-state index in [1.807, 2.05) is 35.7 Å². The van der Waals surface area contributed by atoms with Crippen molar-refractivity contribution in [2.24, 2.45) is 0 Å². The summed E-state index contributed by atoms with van der Waals surface area (Å²) in [7, 11) is 0. The van der Waals surface area contributed by atoms with Gasteiger partial charge in [0.25, 0.3) is 0 Å². The second-order valence-electron chi connectivity index (χ2n) is 6.73. The number of para-hydroxylation sites is 2. The van der Waals surface area contributed by atoms with Gasteiger partial charge in [-0.25, -0.2) is 9.97 Å². The Morgan fingerprint density at radius 1 is 0.741 bits per heavy atom. The fraction of sp³-hybridized carbons (Fsp3) is 0.333. The molecule has 0 aliphatic rings. The first-order valence-corrected chi connectivity index (χ1v) is 11.4. The third-order valence-electron chi connectivity index (χ3n) is 4.50. The van der Waals surface area contributed by atoms with Crippen LogP contribution in [0.3, 0.4) is 0 Å². The minimum atomic E-state index is 1.03. The first kappa shape index (κ1) is 18.4. The number of nitrogens with zero attached hydrogens (tertiary/aromatic N) is 2. The lowest BCUT2D eigenvalue weighted by Gasteiger charge is -2.00. The number of hydrogen-bond donors (Lipinski definition) is 2. The van der Waals surface area contributed by atoms with Gasteiger partial charge in [0, 0.05) is 11.5 Å². The zero-order chi connectivity index (χ0) is 18.5. The van der Waals surface area contributed by atoms with Gasteiger partial charge >= 0.3 is 0 Å². The molecular weight excluding hydrogens is 372 g/mol. The maximum atomic E-state index is 4.65. The van der Waals surface area contributed by atoms with Crippen LogP contribution in [0.2, 0.25) is 0 Å². The number of fused-ring (bicyclic) bond motifs is 2. The molecule has 2 aromatic heterocycles. The standard InChI is InChI=1S/C21H24N4S2/c1-15-10-11-18-19(14-15)25-21(24-18)27-13-7-3-2-6-12-26-20-22-16-8-4-5-9-17(16)23-20/h4-5,8-11,14H,2-3,6-7,12-13H2,1H3,(H,22,23)(H,24,25). The van der Waals surface area contributed by atoms with E-state index in [-0.39, 0.29) is 0 Å². The maximum absolute atomic E-state index is 4.65. The van der Waals surface area contributed by atoms with E-state index < -0.39 is 0 Å². The van der Waals surface area contributed by atoms with E-state index in [9.17, 15) is 0 Å². The molecular formula is C21H24N4S2. The number of H-pyrrole nitrogens is 2. The molecule has 0 fully saturated rings. The molecule has 0 aliphatic carbocycles. The Kier molecular flexibility index (Phi) is 6.04. The number of imidazole rings is 2. The largest absolute Gasteiger partial charge is 0.333 e. The molecule has 4 rings (SSSR count). The van der Waals surface area contributed by atoms with E-state index in [1.54, 1.807) is 0 Å². The summed E-state index contributed by atoms with van der Waals surface area (Å²) in [4.78, 5) is 16.0. The normalized spacial score (nSPS) is 11.6. The van der Waals surface area contributed by atoms with Crippen LogP contribution in [-0.2, 0) is 0 Å². The Morgan fingerprint density at radius 3 is 2.07 bits per heavy atom. The van der Waals surface area contributed by atoms with Gasteiger partial charge in [0.15, 0.2) is 10.3 Å². The highest BCUT2D eigenvalue weighted by Gasteiger charge is 2.04. The molecule has 0 amide bonds. The SMILES string of the molecule is Cc1ccc2nc(SCCCCCCSc3nc4ccccc4[nH]3)[nH]c2c1. The van der Waals surface area contributed by atoms with Crippen molar-refractivity contribution in [3.05, 3.63) is 48.0 Å². The molecule has 140 valence electrons. The Bertz CT molecular complexity index is 988. The van der Waals surface area contributed by atoms with Gasteiger partial charge in [-0.05, 0) is 49.6 Å². The van der Waals surface area contributed by atoms with E-state index in [0.29, 0.717) is 0 Å². The predicted octanol–water partition coefficient (Wildman–Crippen LogP) is 6.19. The van der Waals surface area contributed by atoms with E-state index in [2.05, 4.69) is 57.2 Å². The fourth-order valence-electron chi connectivity index (χ4n) is 3.06. The summed E-state index contributed by atoms with van der Waals surface area (Å²) in [5.74, 6) is 2.24. The van der Waals surface area contributed by atoms with Crippen LogP contribution in [0, 0.1) is 6.92 Å². The average molecular weight is 397 g/mol. The zero-order valence-electron chi connectivity index (χ0n) is 15.5. The Morgan fingerprint density at radius 2 is 1.37 bits per heavy atom. The summed E-state index contributed by atoms with van der Waals surface area (Å²) in [5, 5.41) is 2.07. The highest BCUT2D eigenvalue weighted by molar-refractivity contribution is 7.99. The minimum absolute atomic E-state index is 1.03. The van der Waals surface area contributed by atoms with E-state index in [4.69, 9.17) is 0 Å². The number of aromatic nitrogens is 4. The lowest BCUT2D eigenvalue weighted by atomic mass is 10.2. The van der Waals surface area contributed by atoms with Crippen molar-refractivity contribution in [3.63, 3.8) is 0 Å². The summed E-state index contributed by atoms with van der Waals surface area (Å²) in [6, 6.07) is 14.6. The lowest BCUT2D eigenvalue weighted by Crippen LogP contribution is -1.86. The van der Waals surface area contributed by atoms with Crippen molar-refractivity contribution in [2.75, 3.05) is 11.5 Å².